The number of pyridine rings is 1. The van der Waals surface area contributed by atoms with E-state index < -0.39 is 0 Å². The van der Waals surface area contributed by atoms with Crippen LogP contribution in [0.4, 0.5) is 5.69 Å². The van der Waals surface area contributed by atoms with Gasteiger partial charge in [-0.1, -0.05) is 0 Å². The zero-order valence-corrected chi connectivity index (χ0v) is 9.66. The number of nitrogens with one attached hydrogen (secondary N) is 2. The lowest BCUT2D eigenvalue weighted by molar-refractivity contribution is 1.02. The van der Waals surface area contributed by atoms with Gasteiger partial charge in [0.2, 0.25) is 0 Å². The summed E-state index contributed by atoms with van der Waals surface area (Å²) in [4.78, 5) is 4.00. The topological polar surface area (TPSA) is 53.6 Å². The molecule has 0 fully saturated rings. The summed E-state index contributed by atoms with van der Waals surface area (Å²) >= 11 is 3.43. The van der Waals surface area contributed by atoms with Gasteiger partial charge in [0, 0.05) is 25.1 Å². The Morgan fingerprint density at radius 1 is 1.40 bits per heavy atom. The predicted octanol–water partition coefficient (Wildman–Crippen LogP) is 2.22. The van der Waals surface area contributed by atoms with Crippen molar-refractivity contribution in [2.45, 2.75) is 6.42 Å². The molecule has 0 radical (unpaired) electrons. The predicted molar refractivity (Wildman–Crippen MR) is 62.7 cm³/mol. The molecule has 0 aliphatic rings. The monoisotopic (exact) mass is 266 g/mol. The van der Waals surface area contributed by atoms with Crippen LogP contribution in [0.25, 0.3) is 0 Å². The fourth-order valence-electron chi connectivity index (χ4n) is 1.27. The lowest BCUT2D eigenvalue weighted by atomic mass is 10.2. The highest BCUT2D eigenvalue weighted by molar-refractivity contribution is 9.10. The van der Waals surface area contributed by atoms with Crippen LogP contribution in [0.2, 0.25) is 0 Å². The molecule has 5 heteroatoms. The molecule has 0 aliphatic carbocycles. The van der Waals surface area contributed by atoms with Gasteiger partial charge in [0.15, 0.2) is 0 Å². The molecule has 2 aromatic heterocycles. The van der Waals surface area contributed by atoms with Gasteiger partial charge in [0.05, 0.1) is 16.4 Å². The second-order valence-electron chi connectivity index (χ2n) is 3.14. The van der Waals surface area contributed by atoms with E-state index in [2.05, 4.69) is 36.4 Å². The molecule has 15 heavy (non-hydrogen) atoms. The summed E-state index contributed by atoms with van der Waals surface area (Å²) in [5.74, 6) is 0. The van der Waals surface area contributed by atoms with Crippen molar-refractivity contribution in [2.24, 2.45) is 0 Å². The summed E-state index contributed by atoms with van der Waals surface area (Å²) in [6.45, 7) is 0.877. The van der Waals surface area contributed by atoms with E-state index in [-0.39, 0.29) is 0 Å². The van der Waals surface area contributed by atoms with Crippen molar-refractivity contribution >= 4 is 21.6 Å². The third-order valence-electron chi connectivity index (χ3n) is 2.06. The van der Waals surface area contributed by atoms with Crippen LogP contribution in [-0.4, -0.2) is 21.7 Å². The van der Waals surface area contributed by atoms with Crippen molar-refractivity contribution in [2.75, 3.05) is 11.9 Å². The largest absolute Gasteiger partial charge is 0.384 e. The highest BCUT2D eigenvalue weighted by Crippen LogP contribution is 2.19. The van der Waals surface area contributed by atoms with Gasteiger partial charge in [-0.3, -0.25) is 10.1 Å². The summed E-state index contributed by atoms with van der Waals surface area (Å²) in [6.07, 6.45) is 8.24. The maximum absolute atomic E-state index is 4.00. The number of halogens is 1. The zero-order valence-electron chi connectivity index (χ0n) is 8.07. The minimum absolute atomic E-state index is 0.877. The lowest BCUT2D eigenvalue weighted by Gasteiger charge is -2.06. The third kappa shape index (κ3) is 2.79. The maximum Gasteiger partial charge on any atom is 0.0590 e. The van der Waals surface area contributed by atoms with Crippen LogP contribution in [-0.2, 0) is 6.42 Å². The molecular weight excluding hydrogens is 256 g/mol. The first-order chi connectivity index (χ1) is 7.36. The molecule has 78 valence electrons. The minimum Gasteiger partial charge on any atom is -0.384 e. The van der Waals surface area contributed by atoms with E-state index in [1.54, 1.807) is 12.4 Å². The van der Waals surface area contributed by atoms with Gasteiger partial charge in [-0.2, -0.15) is 5.10 Å². The molecule has 0 saturated heterocycles. The second-order valence-corrected chi connectivity index (χ2v) is 3.99. The first kappa shape index (κ1) is 10.2. The average Bonchev–Trinajstić information content (AvgIpc) is 2.74. The van der Waals surface area contributed by atoms with Gasteiger partial charge in [-0.05, 0) is 34.0 Å². The van der Waals surface area contributed by atoms with Crippen LogP contribution in [0.5, 0.6) is 0 Å². The molecule has 0 unspecified atom stereocenters. The van der Waals surface area contributed by atoms with Gasteiger partial charge < -0.3 is 5.32 Å². The highest BCUT2D eigenvalue weighted by Gasteiger charge is 1.98. The van der Waals surface area contributed by atoms with E-state index in [9.17, 15) is 0 Å². The van der Waals surface area contributed by atoms with Crippen molar-refractivity contribution in [1.29, 1.82) is 0 Å². The minimum atomic E-state index is 0.877. The Balaban J connectivity index is 1.86. The molecule has 2 N–H and O–H groups in total. The molecule has 0 bridgehead atoms. The quantitative estimate of drug-likeness (QED) is 0.893. The van der Waals surface area contributed by atoms with Crippen LogP contribution < -0.4 is 5.32 Å². The molecule has 4 nitrogen and oxygen atoms in total. The Bertz CT molecular complexity index is 413. The van der Waals surface area contributed by atoms with Gasteiger partial charge in [-0.15, -0.1) is 0 Å². The van der Waals surface area contributed by atoms with Crippen LogP contribution in [0.15, 0.2) is 35.3 Å². The average molecular weight is 267 g/mol. The smallest absolute Gasteiger partial charge is 0.0590 e. The van der Waals surface area contributed by atoms with Crippen molar-refractivity contribution in [3.05, 3.63) is 40.9 Å². The molecule has 0 spiro atoms. The summed E-state index contributed by atoms with van der Waals surface area (Å²) in [6, 6.07) is 1.94. The molecule has 2 rings (SSSR count). The van der Waals surface area contributed by atoms with E-state index in [1.165, 1.54) is 5.56 Å². The Kier molecular flexibility index (Phi) is 3.34. The normalized spacial score (nSPS) is 10.2. The number of H-pyrrole nitrogens is 1. The number of anilines is 1. The van der Waals surface area contributed by atoms with E-state index >= 15 is 0 Å². The fraction of sp³-hybridized carbons (Fsp3) is 0.200. The summed E-state index contributed by atoms with van der Waals surface area (Å²) in [7, 11) is 0. The molecule has 0 amide bonds. The molecule has 0 aromatic carbocycles. The first-order valence-corrected chi connectivity index (χ1v) is 5.46. The number of hydrogen-bond donors (Lipinski definition) is 2. The Morgan fingerprint density at radius 2 is 2.33 bits per heavy atom. The third-order valence-corrected chi connectivity index (χ3v) is 2.69. The molecule has 2 aromatic rings. The van der Waals surface area contributed by atoms with E-state index in [1.807, 2.05) is 18.5 Å². The van der Waals surface area contributed by atoms with Gasteiger partial charge >= 0.3 is 0 Å². The standard InChI is InChI=1S/C10H11BrN4/c11-9-7-12-3-2-10(9)13-4-1-8-5-14-15-6-8/h2-3,5-7H,1,4H2,(H,12,13)(H,14,15). The number of aromatic nitrogens is 3. The maximum atomic E-state index is 4.00. The molecule has 2 heterocycles. The van der Waals surface area contributed by atoms with E-state index in [0.717, 1.165) is 23.1 Å². The zero-order chi connectivity index (χ0) is 10.5. The van der Waals surface area contributed by atoms with Gasteiger partial charge in [0.25, 0.3) is 0 Å². The number of nitrogens with zero attached hydrogens (tertiary/aromatic N) is 2. The number of aromatic amines is 1. The van der Waals surface area contributed by atoms with E-state index in [0.29, 0.717) is 0 Å². The Morgan fingerprint density at radius 3 is 3.07 bits per heavy atom. The number of hydrogen-bond acceptors (Lipinski definition) is 3. The van der Waals surface area contributed by atoms with Crippen molar-refractivity contribution in [3.63, 3.8) is 0 Å². The van der Waals surface area contributed by atoms with Crippen molar-refractivity contribution < 1.29 is 0 Å². The summed E-state index contributed by atoms with van der Waals surface area (Å²) in [5.41, 5.74) is 2.26. The second kappa shape index (κ2) is 4.93. The molecule has 0 aliphatic heterocycles. The van der Waals surface area contributed by atoms with E-state index in [4.69, 9.17) is 0 Å². The van der Waals surface area contributed by atoms with Gasteiger partial charge in [0.1, 0.15) is 0 Å². The van der Waals surface area contributed by atoms with Crippen molar-refractivity contribution in [3.8, 4) is 0 Å². The number of rotatable bonds is 4. The summed E-state index contributed by atoms with van der Waals surface area (Å²) in [5, 5.41) is 10.0. The van der Waals surface area contributed by atoms with Crippen LogP contribution in [0.1, 0.15) is 5.56 Å². The SMILES string of the molecule is Brc1cnccc1NCCc1cn[nH]c1. The lowest BCUT2D eigenvalue weighted by Crippen LogP contribution is -2.04. The fourth-order valence-corrected chi connectivity index (χ4v) is 1.66. The Hall–Kier alpha value is -1.36. The van der Waals surface area contributed by atoms with Crippen LogP contribution >= 0.6 is 15.9 Å². The molecular formula is C10H11BrN4. The highest BCUT2D eigenvalue weighted by atomic mass is 79.9. The first-order valence-electron chi connectivity index (χ1n) is 4.67. The summed E-state index contributed by atoms with van der Waals surface area (Å²) < 4.78 is 0.984. The van der Waals surface area contributed by atoms with Crippen LogP contribution in [0, 0.1) is 0 Å². The Labute approximate surface area is 96.3 Å². The van der Waals surface area contributed by atoms with Crippen LogP contribution in [0.3, 0.4) is 0 Å². The molecule has 0 atom stereocenters. The molecule has 0 saturated carbocycles. The van der Waals surface area contributed by atoms with Gasteiger partial charge in [-0.25, -0.2) is 0 Å². The van der Waals surface area contributed by atoms with Crippen molar-refractivity contribution in [1.82, 2.24) is 15.2 Å².